The Balaban J connectivity index is 2.19. The molecule has 13 heteroatoms. The van der Waals surface area contributed by atoms with Gasteiger partial charge in [-0.15, -0.1) is 0 Å². The molecule has 1 aliphatic rings. The molecule has 0 bridgehead atoms. The number of rotatable bonds is 8. The van der Waals surface area contributed by atoms with Crippen LogP contribution in [0.5, 0.6) is 0 Å². The van der Waals surface area contributed by atoms with E-state index in [0.717, 1.165) is 6.07 Å². The third-order valence-corrected chi connectivity index (χ3v) is 5.44. The SMILES string of the molecule is CCOC(=O)N[C@H](C(=O)N[C@@H](C)C(=O)Nc1ccc(NC(=O)C(F)(F)F)c2c1CCCC2=O)C(C)C. The molecule has 2 atom stereocenters. The van der Waals surface area contributed by atoms with E-state index in [2.05, 4.69) is 16.0 Å². The molecule has 1 aromatic rings. The minimum atomic E-state index is -5.14. The Labute approximate surface area is 205 Å². The van der Waals surface area contributed by atoms with Crippen molar-refractivity contribution in [2.24, 2.45) is 5.92 Å². The fraction of sp³-hybridized carbons (Fsp3) is 0.522. The Morgan fingerprint density at radius 1 is 0.972 bits per heavy atom. The molecule has 0 saturated heterocycles. The molecule has 4 amide bonds. The molecule has 0 heterocycles. The number of benzene rings is 1. The van der Waals surface area contributed by atoms with Gasteiger partial charge in [0, 0.05) is 17.7 Å². The number of hydrogen-bond donors (Lipinski definition) is 4. The Kier molecular flexibility index (Phi) is 9.42. The van der Waals surface area contributed by atoms with Gasteiger partial charge in [-0.3, -0.25) is 19.2 Å². The molecule has 36 heavy (non-hydrogen) atoms. The van der Waals surface area contributed by atoms with Crippen LogP contribution in [0, 0.1) is 5.92 Å². The lowest BCUT2D eigenvalue weighted by Gasteiger charge is -2.25. The second-order valence-electron chi connectivity index (χ2n) is 8.55. The molecule has 0 aliphatic heterocycles. The summed E-state index contributed by atoms with van der Waals surface area (Å²) in [4.78, 5) is 61.0. The first-order valence-corrected chi connectivity index (χ1v) is 11.4. The van der Waals surface area contributed by atoms with Crippen LogP contribution >= 0.6 is 0 Å². The number of fused-ring (bicyclic) bond motifs is 1. The summed E-state index contributed by atoms with van der Waals surface area (Å²) in [6.07, 6.45) is -5.15. The first-order valence-electron chi connectivity index (χ1n) is 11.4. The molecule has 1 aliphatic carbocycles. The molecule has 0 fully saturated rings. The highest BCUT2D eigenvalue weighted by molar-refractivity contribution is 6.09. The van der Waals surface area contributed by atoms with Crippen LogP contribution < -0.4 is 21.3 Å². The molecule has 198 valence electrons. The second-order valence-corrected chi connectivity index (χ2v) is 8.55. The summed E-state index contributed by atoms with van der Waals surface area (Å²) in [5.41, 5.74) is 0.0920. The number of Topliss-reactive ketones (excluding diaryl/α,β-unsaturated/α-hetero) is 1. The van der Waals surface area contributed by atoms with Crippen LogP contribution in [0.4, 0.5) is 29.3 Å². The number of carbonyl (C=O) groups excluding carboxylic acids is 5. The maximum Gasteiger partial charge on any atom is 0.471 e. The van der Waals surface area contributed by atoms with Crippen molar-refractivity contribution < 1.29 is 41.9 Å². The number of ketones is 1. The van der Waals surface area contributed by atoms with E-state index >= 15 is 0 Å². The molecule has 10 nitrogen and oxygen atoms in total. The zero-order valence-electron chi connectivity index (χ0n) is 20.3. The maximum absolute atomic E-state index is 12.8. The van der Waals surface area contributed by atoms with Gasteiger partial charge < -0.3 is 26.0 Å². The van der Waals surface area contributed by atoms with Crippen molar-refractivity contribution in [2.75, 3.05) is 17.2 Å². The molecule has 1 aromatic carbocycles. The average Bonchev–Trinajstić information content (AvgIpc) is 2.78. The predicted octanol–water partition coefficient (Wildman–Crippen LogP) is 2.92. The van der Waals surface area contributed by atoms with E-state index in [-0.39, 0.29) is 42.3 Å². The molecule has 0 spiro atoms. The van der Waals surface area contributed by atoms with Crippen LogP contribution in [0.3, 0.4) is 0 Å². The summed E-state index contributed by atoms with van der Waals surface area (Å²) in [6.45, 7) is 6.53. The molecular formula is C23H29F3N4O6. The highest BCUT2D eigenvalue weighted by Gasteiger charge is 2.39. The lowest BCUT2D eigenvalue weighted by Crippen LogP contribution is -2.53. The smallest absolute Gasteiger partial charge is 0.450 e. The van der Waals surface area contributed by atoms with E-state index in [1.165, 1.54) is 13.0 Å². The van der Waals surface area contributed by atoms with Crippen LogP contribution in [0.1, 0.15) is 56.5 Å². The normalized spacial score (nSPS) is 14.8. The van der Waals surface area contributed by atoms with Crippen molar-refractivity contribution in [2.45, 2.75) is 65.2 Å². The Hall–Kier alpha value is -3.64. The molecular weight excluding hydrogens is 485 g/mol. The summed E-state index contributed by atoms with van der Waals surface area (Å²) in [5, 5.41) is 9.23. The van der Waals surface area contributed by atoms with Gasteiger partial charge >= 0.3 is 18.2 Å². The Morgan fingerprint density at radius 2 is 1.61 bits per heavy atom. The van der Waals surface area contributed by atoms with Crippen LogP contribution in [-0.4, -0.2) is 54.5 Å². The van der Waals surface area contributed by atoms with E-state index in [9.17, 15) is 37.1 Å². The van der Waals surface area contributed by atoms with Crippen molar-refractivity contribution in [3.8, 4) is 0 Å². The summed E-state index contributed by atoms with van der Waals surface area (Å²) < 4.78 is 42.9. The third kappa shape index (κ3) is 7.18. The largest absolute Gasteiger partial charge is 0.471 e. The molecule has 0 saturated carbocycles. The van der Waals surface area contributed by atoms with Crippen LogP contribution in [0.15, 0.2) is 12.1 Å². The van der Waals surface area contributed by atoms with E-state index in [4.69, 9.17) is 4.74 Å². The first-order chi connectivity index (χ1) is 16.8. The van der Waals surface area contributed by atoms with Crippen molar-refractivity contribution in [3.05, 3.63) is 23.3 Å². The number of carbonyl (C=O) groups is 5. The van der Waals surface area contributed by atoms with Gasteiger partial charge in [0.25, 0.3) is 0 Å². The third-order valence-electron chi connectivity index (χ3n) is 5.44. The van der Waals surface area contributed by atoms with Crippen molar-refractivity contribution in [3.63, 3.8) is 0 Å². The maximum atomic E-state index is 12.8. The van der Waals surface area contributed by atoms with Gasteiger partial charge in [-0.25, -0.2) is 4.79 Å². The van der Waals surface area contributed by atoms with Gasteiger partial charge in [0.05, 0.1) is 12.3 Å². The number of anilines is 2. The van der Waals surface area contributed by atoms with E-state index < -0.39 is 47.9 Å². The van der Waals surface area contributed by atoms with Gasteiger partial charge in [0.2, 0.25) is 11.8 Å². The quantitative estimate of drug-likeness (QED) is 0.420. The number of alkyl carbamates (subject to hydrolysis) is 1. The van der Waals surface area contributed by atoms with Gasteiger partial charge in [0.1, 0.15) is 12.1 Å². The number of halogens is 3. The number of ether oxygens (including phenoxy) is 1. The fourth-order valence-corrected chi connectivity index (χ4v) is 3.64. The summed E-state index contributed by atoms with van der Waals surface area (Å²) in [7, 11) is 0. The minimum Gasteiger partial charge on any atom is -0.450 e. The summed E-state index contributed by atoms with van der Waals surface area (Å²) in [6, 6.07) is 0.362. The topological polar surface area (TPSA) is 143 Å². The van der Waals surface area contributed by atoms with E-state index in [0.29, 0.717) is 12.0 Å². The van der Waals surface area contributed by atoms with Gasteiger partial charge in [0.15, 0.2) is 5.78 Å². The van der Waals surface area contributed by atoms with Gasteiger partial charge in [-0.05, 0) is 50.3 Å². The highest BCUT2D eigenvalue weighted by Crippen LogP contribution is 2.34. The fourth-order valence-electron chi connectivity index (χ4n) is 3.64. The second kappa shape index (κ2) is 11.9. The Morgan fingerprint density at radius 3 is 2.19 bits per heavy atom. The standard InChI is InChI=1S/C23H29F3N4O6/c1-5-36-22(35)30-18(11(2)3)20(33)27-12(4)19(32)28-14-9-10-15(29-21(34)23(24,25)26)17-13(14)7-6-8-16(17)31/h9-12,18H,5-8H2,1-4H3,(H,27,33)(H,28,32)(H,29,34)(H,30,35)/t12-,18-/m0/s1. The number of nitrogens with one attached hydrogen (secondary N) is 4. The summed E-state index contributed by atoms with van der Waals surface area (Å²) in [5.74, 6) is -4.28. The van der Waals surface area contributed by atoms with Gasteiger partial charge in [-0.2, -0.15) is 13.2 Å². The molecule has 4 N–H and O–H groups in total. The zero-order valence-corrected chi connectivity index (χ0v) is 20.3. The van der Waals surface area contributed by atoms with Crippen molar-refractivity contribution >= 4 is 41.0 Å². The molecule has 2 rings (SSSR count). The average molecular weight is 515 g/mol. The zero-order chi connectivity index (χ0) is 27.2. The highest BCUT2D eigenvalue weighted by atomic mass is 19.4. The van der Waals surface area contributed by atoms with Crippen molar-refractivity contribution in [1.29, 1.82) is 0 Å². The Bertz CT molecular complexity index is 1040. The first kappa shape index (κ1) is 28.6. The van der Waals surface area contributed by atoms with Crippen LogP contribution in [-0.2, 0) is 25.5 Å². The monoisotopic (exact) mass is 514 g/mol. The number of hydrogen-bond acceptors (Lipinski definition) is 6. The summed E-state index contributed by atoms with van der Waals surface area (Å²) >= 11 is 0. The van der Waals surface area contributed by atoms with Crippen LogP contribution in [0.25, 0.3) is 0 Å². The molecule has 0 radical (unpaired) electrons. The van der Waals surface area contributed by atoms with Gasteiger partial charge in [-0.1, -0.05) is 13.8 Å². The molecule has 0 unspecified atom stereocenters. The van der Waals surface area contributed by atoms with Crippen molar-refractivity contribution in [1.82, 2.24) is 10.6 Å². The predicted molar refractivity (Wildman–Crippen MR) is 123 cm³/mol. The lowest BCUT2D eigenvalue weighted by atomic mass is 9.88. The van der Waals surface area contributed by atoms with E-state index in [1.807, 2.05) is 0 Å². The molecule has 0 aromatic heterocycles. The number of alkyl halides is 3. The lowest BCUT2D eigenvalue weighted by molar-refractivity contribution is -0.167. The number of amides is 4. The van der Waals surface area contributed by atoms with Crippen LogP contribution in [0.2, 0.25) is 0 Å². The van der Waals surface area contributed by atoms with E-state index in [1.54, 1.807) is 26.1 Å². The minimum absolute atomic E-state index is 0.0792.